The number of carbonyl (C=O) groups excluding carboxylic acids is 1. The lowest BCUT2D eigenvalue weighted by Crippen LogP contribution is -2.24. The van der Waals surface area contributed by atoms with Crippen LogP contribution in [-0.4, -0.2) is 25.3 Å². The number of carbonyl (C=O) groups is 1. The smallest absolute Gasteiger partial charge is 0.277 e. The molecule has 1 amide bonds. The number of ether oxygens (including phenoxy) is 2. The molecule has 0 spiro atoms. The van der Waals surface area contributed by atoms with Crippen molar-refractivity contribution in [1.82, 2.24) is 5.43 Å². The number of hydrazone groups is 1. The molecular weight excluding hydrogens is 328 g/mol. The second-order valence-electron chi connectivity index (χ2n) is 5.80. The molecule has 0 fully saturated rings. The highest BCUT2D eigenvalue weighted by atomic mass is 16.5. The molecule has 0 aliphatic rings. The van der Waals surface area contributed by atoms with Gasteiger partial charge in [0.1, 0.15) is 11.5 Å². The first-order valence-corrected chi connectivity index (χ1v) is 8.98. The Morgan fingerprint density at radius 3 is 2.58 bits per heavy atom. The van der Waals surface area contributed by atoms with Gasteiger partial charge in [0.2, 0.25) is 0 Å². The average molecular weight is 354 g/mol. The molecule has 5 heteroatoms. The van der Waals surface area contributed by atoms with Crippen LogP contribution in [0.5, 0.6) is 11.5 Å². The SMILES string of the molecule is CCCCc1ccc(OCC(=O)N/N=C\c2ccccc2OCC)cc1. The molecule has 0 aliphatic carbocycles. The molecule has 0 unspecified atom stereocenters. The number of para-hydroxylation sites is 1. The van der Waals surface area contributed by atoms with Crippen molar-refractivity contribution in [2.45, 2.75) is 33.1 Å². The van der Waals surface area contributed by atoms with Crippen LogP contribution >= 0.6 is 0 Å². The lowest BCUT2D eigenvalue weighted by molar-refractivity contribution is -0.123. The maximum atomic E-state index is 11.8. The van der Waals surface area contributed by atoms with E-state index < -0.39 is 0 Å². The van der Waals surface area contributed by atoms with Gasteiger partial charge in [-0.05, 0) is 49.6 Å². The summed E-state index contributed by atoms with van der Waals surface area (Å²) < 4.78 is 11.0. The summed E-state index contributed by atoms with van der Waals surface area (Å²) in [7, 11) is 0. The summed E-state index contributed by atoms with van der Waals surface area (Å²) in [4.78, 5) is 11.8. The van der Waals surface area contributed by atoms with Gasteiger partial charge >= 0.3 is 0 Å². The van der Waals surface area contributed by atoms with Crippen molar-refractivity contribution in [3.8, 4) is 11.5 Å². The minimum Gasteiger partial charge on any atom is -0.493 e. The molecule has 2 rings (SSSR count). The van der Waals surface area contributed by atoms with Crippen molar-refractivity contribution in [1.29, 1.82) is 0 Å². The van der Waals surface area contributed by atoms with E-state index >= 15 is 0 Å². The molecule has 0 bridgehead atoms. The molecule has 0 atom stereocenters. The predicted molar refractivity (Wildman–Crippen MR) is 104 cm³/mol. The zero-order chi connectivity index (χ0) is 18.6. The fraction of sp³-hybridized carbons (Fsp3) is 0.333. The first kappa shape index (κ1) is 19.5. The Labute approximate surface area is 155 Å². The van der Waals surface area contributed by atoms with Gasteiger partial charge in [0, 0.05) is 5.56 Å². The Hall–Kier alpha value is -2.82. The number of amides is 1. The lowest BCUT2D eigenvalue weighted by Gasteiger charge is -2.07. The summed E-state index contributed by atoms with van der Waals surface area (Å²) >= 11 is 0. The topological polar surface area (TPSA) is 59.9 Å². The van der Waals surface area contributed by atoms with Crippen LogP contribution in [0, 0.1) is 0 Å². The fourth-order valence-corrected chi connectivity index (χ4v) is 2.36. The van der Waals surface area contributed by atoms with Gasteiger partial charge in [-0.1, -0.05) is 37.6 Å². The van der Waals surface area contributed by atoms with Crippen molar-refractivity contribution >= 4 is 12.1 Å². The maximum Gasteiger partial charge on any atom is 0.277 e. The van der Waals surface area contributed by atoms with Crippen molar-refractivity contribution < 1.29 is 14.3 Å². The molecule has 2 aromatic rings. The number of hydrogen-bond donors (Lipinski definition) is 1. The highest BCUT2D eigenvalue weighted by Gasteiger charge is 2.03. The van der Waals surface area contributed by atoms with Gasteiger partial charge in [-0.3, -0.25) is 4.79 Å². The van der Waals surface area contributed by atoms with Gasteiger partial charge in [0.25, 0.3) is 5.91 Å². The first-order valence-electron chi connectivity index (χ1n) is 8.98. The van der Waals surface area contributed by atoms with Crippen molar-refractivity contribution in [3.05, 3.63) is 59.7 Å². The van der Waals surface area contributed by atoms with E-state index in [0.717, 1.165) is 17.7 Å². The number of unbranched alkanes of at least 4 members (excludes halogenated alkanes) is 1. The lowest BCUT2D eigenvalue weighted by atomic mass is 10.1. The van der Waals surface area contributed by atoms with Crippen LogP contribution < -0.4 is 14.9 Å². The van der Waals surface area contributed by atoms with E-state index in [1.54, 1.807) is 6.21 Å². The van der Waals surface area contributed by atoms with Crippen LogP contribution in [0.15, 0.2) is 53.6 Å². The zero-order valence-corrected chi connectivity index (χ0v) is 15.4. The van der Waals surface area contributed by atoms with E-state index in [4.69, 9.17) is 9.47 Å². The molecule has 5 nitrogen and oxygen atoms in total. The monoisotopic (exact) mass is 354 g/mol. The Morgan fingerprint density at radius 1 is 1.08 bits per heavy atom. The van der Waals surface area contributed by atoms with Gasteiger partial charge in [0.15, 0.2) is 6.61 Å². The molecule has 26 heavy (non-hydrogen) atoms. The van der Waals surface area contributed by atoms with Crippen LogP contribution in [-0.2, 0) is 11.2 Å². The van der Waals surface area contributed by atoms with Crippen LogP contribution in [0.4, 0.5) is 0 Å². The molecule has 0 saturated carbocycles. The van der Waals surface area contributed by atoms with Gasteiger partial charge in [-0.2, -0.15) is 5.10 Å². The van der Waals surface area contributed by atoms with E-state index in [2.05, 4.69) is 17.5 Å². The highest BCUT2D eigenvalue weighted by Crippen LogP contribution is 2.15. The van der Waals surface area contributed by atoms with Gasteiger partial charge in [0.05, 0.1) is 12.8 Å². The first-order chi connectivity index (χ1) is 12.7. The molecule has 0 saturated heterocycles. The second kappa shape index (κ2) is 10.9. The number of nitrogens with one attached hydrogen (secondary N) is 1. The third-order valence-corrected chi connectivity index (χ3v) is 3.72. The van der Waals surface area contributed by atoms with E-state index in [-0.39, 0.29) is 12.5 Å². The maximum absolute atomic E-state index is 11.8. The summed E-state index contributed by atoms with van der Waals surface area (Å²) in [6.07, 6.45) is 4.97. The minimum atomic E-state index is -0.315. The number of rotatable bonds is 10. The van der Waals surface area contributed by atoms with Crippen molar-refractivity contribution in [2.24, 2.45) is 5.10 Å². The average Bonchev–Trinajstić information content (AvgIpc) is 2.67. The fourth-order valence-electron chi connectivity index (χ4n) is 2.36. The summed E-state index contributed by atoms with van der Waals surface area (Å²) in [5.74, 6) is 1.09. The molecule has 0 radical (unpaired) electrons. The molecule has 0 aliphatic heterocycles. The predicted octanol–water partition coefficient (Wildman–Crippen LogP) is 3.96. The highest BCUT2D eigenvalue weighted by molar-refractivity contribution is 5.85. The summed E-state index contributed by atoms with van der Waals surface area (Å²) in [5, 5.41) is 3.96. The van der Waals surface area contributed by atoms with Gasteiger partial charge < -0.3 is 9.47 Å². The van der Waals surface area contributed by atoms with Crippen LogP contribution in [0.2, 0.25) is 0 Å². The second-order valence-corrected chi connectivity index (χ2v) is 5.80. The van der Waals surface area contributed by atoms with Crippen LogP contribution in [0.1, 0.15) is 37.8 Å². The van der Waals surface area contributed by atoms with Crippen molar-refractivity contribution in [2.75, 3.05) is 13.2 Å². The summed E-state index contributed by atoms with van der Waals surface area (Å²) in [6, 6.07) is 15.4. The normalized spacial score (nSPS) is 10.7. The third-order valence-electron chi connectivity index (χ3n) is 3.72. The number of aryl methyl sites for hydroxylation is 1. The molecule has 1 N–H and O–H groups in total. The number of benzene rings is 2. The Bertz CT molecular complexity index is 711. The minimum absolute atomic E-state index is 0.0846. The Morgan fingerprint density at radius 2 is 1.85 bits per heavy atom. The number of hydrogen-bond acceptors (Lipinski definition) is 4. The van der Waals surface area contributed by atoms with Crippen LogP contribution in [0.25, 0.3) is 0 Å². The largest absolute Gasteiger partial charge is 0.493 e. The Kier molecular flexibility index (Phi) is 8.19. The molecule has 0 aromatic heterocycles. The molecule has 138 valence electrons. The summed E-state index contributed by atoms with van der Waals surface area (Å²) in [5.41, 5.74) is 4.54. The summed E-state index contributed by atoms with van der Waals surface area (Å²) in [6.45, 7) is 4.58. The van der Waals surface area contributed by atoms with E-state index in [0.29, 0.717) is 12.4 Å². The van der Waals surface area contributed by atoms with Crippen molar-refractivity contribution in [3.63, 3.8) is 0 Å². The standard InChI is InChI=1S/C21H26N2O3/c1-3-5-8-17-11-13-19(14-12-17)26-16-21(24)23-22-15-18-9-6-7-10-20(18)25-4-2/h6-7,9-15H,3-5,8,16H2,1-2H3,(H,23,24)/b22-15-. The zero-order valence-electron chi connectivity index (χ0n) is 15.4. The quantitative estimate of drug-likeness (QED) is 0.519. The van der Waals surface area contributed by atoms with Gasteiger partial charge in [-0.15, -0.1) is 0 Å². The molecular formula is C21H26N2O3. The van der Waals surface area contributed by atoms with E-state index in [1.807, 2.05) is 55.5 Å². The molecule has 2 aromatic carbocycles. The number of nitrogens with zero attached hydrogens (tertiary/aromatic N) is 1. The van der Waals surface area contributed by atoms with E-state index in [1.165, 1.54) is 18.4 Å². The van der Waals surface area contributed by atoms with Crippen LogP contribution in [0.3, 0.4) is 0 Å². The molecule has 0 heterocycles. The third kappa shape index (κ3) is 6.59. The Balaban J connectivity index is 1.78. The van der Waals surface area contributed by atoms with Gasteiger partial charge in [-0.25, -0.2) is 5.43 Å². The van der Waals surface area contributed by atoms with E-state index in [9.17, 15) is 4.79 Å².